The lowest BCUT2D eigenvalue weighted by atomic mass is 10.1. The molecule has 27 heavy (non-hydrogen) atoms. The number of rotatable bonds is 5. The van der Waals surface area contributed by atoms with Gasteiger partial charge in [-0.05, 0) is 55.3 Å². The molecule has 3 aromatic rings. The maximum atomic E-state index is 12.7. The zero-order valence-corrected chi connectivity index (χ0v) is 14.0. The Hall–Kier alpha value is -3.16. The second kappa shape index (κ2) is 6.53. The predicted molar refractivity (Wildman–Crippen MR) is 91.8 cm³/mol. The van der Waals surface area contributed by atoms with Gasteiger partial charge >= 0.3 is 6.18 Å². The third kappa shape index (κ3) is 3.69. The van der Waals surface area contributed by atoms with Crippen LogP contribution in [0.5, 0.6) is 0 Å². The Morgan fingerprint density at radius 3 is 2.44 bits per heavy atom. The fourth-order valence-corrected chi connectivity index (χ4v) is 2.66. The highest BCUT2D eigenvalue weighted by atomic mass is 19.4. The highest BCUT2D eigenvalue weighted by molar-refractivity contribution is 5.84. The lowest BCUT2D eigenvalue weighted by Gasteiger charge is -2.12. The molecule has 1 aromatic heterocycles. The van der Waals surface area contributed by atoms with Crippen LogP contribution in [-0.2, 0) is 6.18 Å². The molecular weight excluding hydrogens is 359 g/mol. The summed E-state index contributed by atoms with van der Waals surface area (Å²) in [6, 6.07) is 9.52. The molecule has 1 heterocycles. The summed E-state index contributed by atoms with van der Waals surface area (Å²) in [4.78, 5) is 11.1. The minimum atomic E-state index is -4.39. The van der Waals surface area contributed by atoms with Gasteiger partial charge in [-0.2, -0.15) is 13.2 Å². The number of halogens is 3. The van der Waals surface area contributed by atoms with Gasteiger partial charge in [0, 0.05) is 17.2 Å². The van der Waals surface area contributed by atoms with Gasteiger partial charge in [0.15, 0.2) is 0 Å². The van der Waals surface area contributed by atoms with Crippen molar-refractivity contribution in [3.63, 3.8) is 0 Å². The van der Waals surface area contributed by atoms with Gasteiger partial charge in [-0.25, -0.2) is 0 Å². The standard InChI is InChI=1S/C19H14F3N3O2/c20-19(21,22)13-4-6-14(7-5-13)23-16-8-1-11(10-26)9-15(16)18-25-24-17(27-18)12-2-3-12/h1,4-10,12,23H,2-3H2. The highest BCUT2D eigenvalue weighted by Gasteiger charge is 2.31. The molecule has 1 aliphatic carbocycles. The van der Waals surface area contributed by atoms with Gasteiger partial charge in [0.1, 0.15) is 6.29 Å². The van der Waals surface area contributed by atoms with Crippen molar-refractivity contribution in [3.05, 3.63) is 59.5 Å². The largest absolute Gasteiger partial charge is 0.420 e. The molecule has 0 spiro atoms. The molecule has 0 unspecified atom stereocenters. The SMILES string of the molecule is O=Cc1ccc(Nc2ccc(C(F)(F)F)cc2)c(-c2nnc(C3CC3)o2)c1. The zero-order valence-electron chi connectivity index (χ0n) is 14.0. The van der Waals surface area contributed by atoms with Crippen LogP contribution in [0.1, 0.15) is 40.6 Å². The van der Waals surface area contributed by atoms with E-state index in [4.69, 9.17) is 4.42 Å². The van der Waals surface area contributed by atoms with E-state index in [1.165, 1.54) is 12.1 Å². The number of hydrogen-bond acceptors (Lipinski definition) is 5. The number of carbonyl (C=O) groups is 1. The van der Waals surface area contributed by atoms with Crippen LogP contribution >= 0.6 is 0 Å². The van der Waals surface area contributed by atoms with Crippen molar-refractivity contribution in [2.45, 2.75) is 24.9 Å². The van der Waals surface area contributed by atoms with E-state index in [1.807, 2.05) is 0 Å². The average Bonchev–Trinajstić information content (AvgIpc) is 3.39. The molecule has 0 aliphatic heterocycles. The van der Waals surface area contributed by atoms with E-state index in [-0.39, 0.29) is 11.8 Å². The molecule has 0 atom stereocenters. The minimum Gasteiger partial charge on any atom is -0.420 e. The lowest BCUT2D eigenvalue weighted by Crippen LogP contribution is -2.04. The third-order valence-corrected chi connectivity index (χ3v) is 4.27. The maximum absolute atomic E-state index is 12.7. The molecule has 8 heteroatoms. The number of hydrogen-bond donors (Lipinski definition) is 1. The van der Waals surface area contributed by atoms with Gasteiger partial charge in [0.2, 0.25) is 11.8 Å². The third-order valence-electron chi connectivity index (χ3n) is 4.27. The van der Waals surface area contributed by atoms with Crippen LogP contribution in [0.3, 0.4) is 0 Å². The number of alkyl halides is 3. The fraction of sp³-hybridized carbons (Fsp3) is 0.211. The molecule has 1 fully saturated rings. The number of carbonyl (C=O) groups excluding carboxylic acids is 1. The number of benzene rings is 2. The summed E-state index contributed by atoms with van der Waals surface area (Å²) in [5.74, 6) is 1.10. The van der Waals surface area contributed by atoms with E-state index in [2.05, 4.69) is 15.5 Å². The van der Waals surface area contributed by atoms with Crippen LogP contribution in [0.4, 0.5) is 24.5 Å². The van der Waals surface area contributed by atoms with E-state index in [0.29, 0.717) is 34.7 Å². The van der Waals surface area contributed by atoms with Crippen molar-refractivity contribution in [1.82, 2.24) is 10.2 Å². The van der Waals surface area contributed by atoms with Crippen molar-refractivity contribution in [2.75, 3.05) is 5.32 Å². The van der Waals surface area contributed by atoms with Crippen molar-refractivity contribution in [1.29, 1.82) is 0 Å². The first-order valence-corrected chi connectivity index (χ1v) is 8.31. The number of nitrogens with zero attached hydrogens (tertiary/aromatic N) is 2. The number of aromatic nitrogens is 2. The van der Waals surface area contributed by atoms with E-state index in [1.54, 1.807) is 18.2 Å². The number of aldehydes is 1. The molecular formula is C19H14F3N3O2. The van der Waals surface area contributed by atoms with Gasteiger partial charge < -0.3 is 9.73 Å². The summed E-state index contributed by atoms with van der Waals surface area (Å²) < 4.78 is 43.8. The van der Waals surface area contributed by atoms with Crippen molar-refractivity contribution in [2.24, 2.45) is 0 Å². The van der Waals surface area contributed by atoms with Gasteiger partial charge in [-0.15, -0.1) is 10.2 Å². The number of nitrogens with one attached hydrogen (secondary N) is 1. The van der Waals surface area contributed by atoms with Crippen LogP contribution < -0.4 is 5.32 Å². The van der Waals surface area contributed by atoms with E-state index in [0.717, 1.165) is 25.0 Å². The Labute approximate surface area is 152 Å². The van der Waals surface area contributed by atoms with Gasteiger partial charge in [-0.3, -0.25) is 4.79 Å². The quantitative estimate of drug-likeness (QED) is 0.624. The van der Waals surface area contributed by atoms with Crippen LogP contribution in [0.15, 0.2) is 46.9 Å². The van der Waals surface area contributed by atoms with E-state index >= 15 is 0 Å². The summed E-state index contributed by atoms with van der Waals surface area (Å²) in [5, 5.41) is 11.1. The summed E-state index contributed by atoms with van der Waals surface area (Å²) in [5.41, 5.74) is 1.22. The molecule has 0 bridgehead atoms. The van der Waals surface area contributed by atoms with E-state index < -0.39 is 11.7 Å². The van der Waals surface area contributed by atoms with Gasteiger partial charge in [0.25, 0.3) is 0 Å². The molecule has 2 aromatic carbocycles. The first-order valence-electron chi connectivity index (χ1n) is 8.31. The van der Waals surface area contributed by atoms with Crippen molar-refractivity contribution < 1.29 is 22.4 Å². The van der Waals surface area contributed by atoms with Crippen LogP contribution in [0, 0.1) is 0 Å². The fourth-order valence-electron chi connectivity index (χ4n) is 2.66. The first kappa shape index (κ1) is 17.3. The first-order chi connectivity index (χ1) is 12.9. The van der Waals surface area contributed by atoms with Gasteiger partial charge in [-0.1, -0.05) is 0 Å². The summed E-state index contributed by atoms with van der Waals surface area (Å²) in [6.45, 7) is 0. The Balaban J connectivity index is 1.66. The monoisotopic (exact) mass is 373 g/mol. The summed E-state index contributed by atoms with van der Waals surface area (Å²) in [6.07, 6.45) is -1.68. The molecule has 0 saturated heterocycles. The second-order valence-corrected chi connectivity index (χ2v) is 6.34. The Morgan fingerprint density at radius 1 is 1.07 bits per heavy atom. The lowest BCUT2D eigenvalue weighted by molar-refractivity contribution is -0.137. The minimum absolute atomic E-state index is 0.259. The smallest absolute Gasteiger partial charge is 0.416 e. The average molecular weight is 373 g/mol. The molecule has 4 rings (SSSR count). The normalized spacial score (nSPS) is 14.2. The maximum Gasteiger partial charge on any atom is 0.416 e. The second-order valence-electron chi connectivity index (χ2n) is 6.34. The van der Waals surface area contributed by atoms with Crippen molar-refractivity contribution >= 4 is 17.7 Å². The Bertz CT molecular complexity index is 977. The van der Waals surface area contributed by atoms with Crippen LogP contribution in [-0.4, -0.2) is 16.5 Å². The summed E-state index contributed by atoms with van der Waals surface area (Å²) in [7, 11) is 0. The van der Waals surface area contributed by atoms with E-state index in [9.17, 15) is 18.0 Å². The van der Waals surface area contributed by atoms with Crippen molar-refractivity contribution in [3.8, 4) is 11.5 Å². The molecule has 0 amide bonds. The van der Waals surface area contributed by atoms with Crippen LogP contribution in [0.2, 0.25) is 0 Å². The highest BCUT2D eigenvalue weighted by Crippen LogP contribution is 2.41. The molecule has 1 N–H and O–H groups in total. The molecule has 138 valence electrons. The molecule has 0 radical (unpaired) electrons. The van der Waals surface area contributed by atoms with Gasteiger partial charge in [0.05, 0.1) is 16.8 Å². The Kier molecular flexibility index (Phi) is 4.18. The predicted octanol–water partition coefficient (Wildman–Crippen LogP) is 5.19. The Morgan fingerprint density at radius 2 is 1.81 bits per heavy atom. The molecule has 1 saturated carbocycles. The number of anilines is 2. The zero-order chi connectivity index (χ0) is 19.0. The molecule has 5 nitrogen and oxygen atoms in total. The molecule has 1 aliphatic rings. The topological polar surface area (TPSA) is 68.0 Å². The summed E-state index contributed by atoms with van der Waals surface area (Å²) >= 11 is 0. The van der Waals surface area contributed by atoms with Crippen LogP contribution in [0.25, 0.3) is 11.5 Å².